The van der Waals surface area contributed by atoms with Gasteiger partial charge in [0.05, 0.1) is 0 Å². The Bertz CT molecular complexity index is 1070. The lowest BCUT2D eigenvalue weighted by Gasteiger charge is -2.44. The first-order chi connectivity index (χ1) is 14.6. The molecule has 1 aliphatic rings. The lowest BCUT2D eigenvalue weighted by molar-refractivity contribution is -0.121. The Hall–Kier alpha value is -2.80. The predicted molar refractivity (Wildman–Crippen MR) is 120 cm³/mol. The van der Waals surface area contributed by atoms with Crippen molar-refractivity contribution in [2.75, 3.05) is 5.32 Å². The van der Waals surface area contributed by atoms with E-state index in [0.29, 0.717) is 22.8 Å². The van der Waals surface area contributed by atoms with Crippen LogP contribution in [0.2, 0.25) is 5.02 Å². The molecule has 0 spiro atoms. The van der Waals surface area contributed by atoms with E-state index in [1.165, 1.54) is 4.57 Å². The SMILES string of the molecule is Cc1cc2c(c(=O)n1CC(=O)NCc1cccc(Cl)c1)NC(=O)OC2(C(C)C)C(C)C. The Kier molecular flexibility index (Phi) is 6.46. The number of fused-ring (bicyclic) bond motifs is 1. The third-order valence-electron chi connectivity index (χ3n) is 5.81. The summed E-state index contributed by atoms with van der Waals surface area (Å²) in [6, 6.07) is 9.03. The summed E-state index contributed by atoms with van der Waals surface area (Å²) in [4.78, 5) is 38.1. The van der Waals surface area contributed by atoms with Gasteiger partial charge in [-0.15, -0.1) is 0 Å². The zero-order chi connectivity index (χ0) is 22.9. The molecule has 0 fully saturated rings. The van der Waals surface area contributed by atoms with Crippen molar-refractivity contribution in [3.63, 3.8) is 0 Å². The number of halogens is 1. The van der Waals surface area contributed by atoms with Crippen LogP contribution in [0, 0.1) is 18.8 Å². The average molecular weight is 446 g/mol. The standard InChI is InChI=1S/C23H28ClN3O4/c1-13(2)23(14(3)4)18-9-15(5)27(21(29)20(18)26-22(30)31-23)12-19(28)25-11-16-7-6-8-17(24)10-16/h6-10,13-14H,11-12H2,1-5H3,(H,25,28)(H,26,30). The molecule has 0 aliphatic carbocycles. The number of ether oxygens (including phenoxy) is 1. The minimum absolute atomic E-state index is 0.0482. The van der Waals surface area contributed by atoms with Gasteiger partial charge < -0.3 is 14.6 Å². The van der Waals surface area contributed by atoms with Crippen molar-refractivity contribution in [2.45, 2.75) is 53.3 Å². The number of nitrogens with zero attached hydrogens (tertiary/aromatic N) is 1. The third-order valence-corrected chi connectivity index (χ3v) is 6.05. The molecule has 1 aliphatic heterocycles. The van der Waals surface area contributed by atoms with E-state index in [0.717, 1.165) is 5.56 Å². The first-order valence-corrected chi connectivity index (χ1v) is 10.7. The monoisotopic (exact) mass is 445 g/mol. The van der Waals surface area contributed by atoms with Crippen molar-refractivity contribution in [1.82, 2.24) is 9.88 Å². The number of hydrogen-bond acceptors (Lipinski definition) is 4. The van der Waals surface area contributed by atoms with Crippen molar-refractivity contribution in [2.24, 2.45) is 11.8 Å². The molecule has 3 rings (SSSR count). The number of amides is 2. The fraction of sp³-hybridized carbons (Fsp3) is 0.435. The number of anilines is 1. The van der Waals surface area contributed by atoms with Crippen LogP contribution in [0.3, 0.4) is 0 Å². The van der Waals surface area contributed by atoms with Gasteiger partial charge in [0.2, 0.25) is 5.91 Å². The molecular weight excluding hydrogens is 418 g/mol. The maximum atomic E-state index is 13.3. The summed E-state index contributed by atoms with van der Waals surface area (Å²) in [7, 11) is 0. The minimum atomic E-state index is -0.921. The van der Waals surface area contributed by atoms with Crippen molar-refractivity contribution >= 4 is 29.3 Å². The average Bonchev–Trinajstić information content (AvgIpc) is 2.69. The van der Waals surface area contributed by atoms with Crippen LogP contribution in [0.15, 0.2) is 35.1 Å². The lowest BCUT2D eigenvalue weighted by Crippen LogP contribution is -2.50. The first-order valence-electron chi connectivity index (χ1n) is 10.3. The molecule has 2 aromatic rings. The molecule has 2 N–H and O–H groups in total. The van der Waals surface area contributed by atoms with Crippen LogP contribution >= 0.6 is 11.6 Å². The molecule has 0 saturated carbocycles. The molecule has 8 heteroatoms. The Morgan fingerprint density at radius 2 is 1.87 bits per heavy atom. The Labute approximate surface area is 186 Å². The molecular formula is C23H28ClN3O4. The number of pyridine rings is 1. The zero-order valence-corrected chi connectivity index (χ0v) is 19.2. The van der Waals surface area contributed by atoms with Crippen LogP contribution < -0.4 is 16.2 Å². The van der Waals surface area contributed by atoms with Crippen LogP contribution in [0.5, 0.6) is 0 Å². The molecule has 2 heterocycles. The van der Waals surface area contributed by atoms with Crippen molar-refractivity contribution in [3.05, 3.63) is 62.5 Å². The first kappa shape index (κ1) is 22.9. The summed E-state index contributed by atoms with van der Waals surface area (Å²) >= 11 is 5.98. The van der Waals surface area contributed by atoms with Gasteiger partial charge in [-0.3, -0.25) is 14.9 Å². The second kappa shape index (κ2) is 8.75. The number of benzene rings is 1. The third kappa shape index (κ3) is 4.32. The summed E-state index contributed by atoms with van der Waals surface area (Å²) in [5.41, 5.74) is 0.956. The minimum Gasteiger partial charge on any atom is -0.437 e. The second-order valence-corrected chi connectivity index (χ2v) is 8.93. The van der Waals surface area contributed by atoms with Crippen LogP contribution in [-0.2, 0) is 28.2 Å². The molecule has 7 nitrogen and oxygen atoms in total. The summed E-state index contributed by atoms with van der Waals surface area (Å²) < 4.78 is 7.13. The molecule has 31 heavy (non-hydrogen) atoms. The van der Waals surface area contributed by atoms with Crippen LogP contribution in [0.25, 0.3) is 0 Å². The lowest BCUT2D eigenvalue weighted by atomic mass is 9.73. The molecule has 2 amide bonds. The molecule has 166 valence electrons. The van der Waals surface area contributed by atoms with Gasteiger partial charge >= 0.3 is 6.09 Å². The normalized spacial score (nSPS) is 14.8. The smallest absolute Gasteiger partial charge is 0.412 e. The van der Waals surface area contributed by atoms with Crippen LogP contribution in [-0.4, -0.2) is 16.6 Å². The maximum absolute atomic E-state index is 13.3. The summed E-state index contributed by atoms with van der Waals surface area (Å²) in [5.74, 6) is -0.414. The van der Waals surface area contributed by atoms with E-state index in [-0.39, 0.29) is 30.0 Å². The molecule has 0 unspecified atom stereocenters. The van der Waals surface area contributed by atoms with Gasteiger partial charge in [-0.2, -0.15) is 0 Å². The quantitative estimate of drug-likeness (QED) is 0.697. The number of rotatable bonds is 6. The maximum Gasteiger partial charge on any atom is 0.412 e. The summed E-state index contributed by atoms with van der Waals surface area (Å²) in [5, 5.41) is 5.95. The number of hydrogen-bond donors (Lipinski definition) is 2. The number of aromatic nitrogens is 1. The molecule has 1 aromatic carbocycles. The van der Waals surface area contributed by atoms with Gasteiger partial charge in [-0.1, -0.05) is 51.4 Å². The largest absolute Gasteiger partial charge is 0.437 e. The highest BCUT2D eigenvalue weighted by Crippen LogP contribution is 2.45. The number of cyclic esters (lactones) is 1. The summed E-state index contributed by atoms with van der Waals surface area (Å²) in [6.07, 6.45) is -0.659. The zero-order valence-electron chi connectivity index (χ0n) is 18.4. The van der Waals surface area contributed by atoms with Gasteiger partial charge in [0.25, 0.3) is 5.56 Å². The van der Waals surface area contributed by atoms with Crippen molar-refractivity contribution in [1.29, 1.82) is 0 Å². The molecule has 0 radical (unpaired) electrons. The van der Waals surface area contributed by atoms with E-state index < -0.39 is 17.3 Å². The Morgan fingerprint density at radius 3 is 2.48 bits per heavy atom. The molecule has 0 saturated heterocycles. The van der Waals surface area contributed by atoms with Gasteiger partial charge in [-0.05, 0) is 42.5 Å². The fourth-order valence-corrected chi connectivity index (χ4v) is 4.52. The second-order valence-electron chi connectivity index (χ2n) is 8.49. The topological polar surface area (TPSA) is 89.4 Å². The Morgan fingerprint density at radius 1 is 1.19 bits per heavy atom. The van der Waals surface area contributed by atoms with E-state index in [4.69, 9.17) is 16.3 Å². The highest BCUT2D eigenvalue weighted by molar-refractivity contribution is 6.30. The molecule has 0 atom stereocenters. The fourth-order valence-electron chi connectivity index (χ4n) is 4.30. The van der Waals surface area contributed by atoms with E-state index in [9.17, 15) is 14.4 Å². The van der Waals surface area contributed by atoms with Gasteiger partial charge in [0, 0.05) is 22.8 Å². The number of carbonyl (C=O) groups is 2. The molecule has 0 bridgehead atoms. The number of aryl methyl sites for hydroxylation is 1. The van der Waals surface area contributed by atoms with Crippen molar-refractivity contribution in [3.8, 4) is 0 Å². The highest BCUT2D eigenvalue weighted by Gasteiger charge is 2.48. The van der Waals surface area contributed by atoms with E-state index in [2.05, 4.69) is 10.6 Å². The molecule has 1 aromatic heterocycles. The van der Waals surface area contributed by atoms with Crippen LogP contribution in [0.1, 0.15) is 44.5 Å². The van der Waals surface area contributed by atoms with Crippen molar-refractivity contribution < 1.29 is 14.3 Å². The number of carbonyl (C=O) groups excluding carboxylic acids is 2. The van der Waals surface area contributed by atoms with Gasteiger partial charge in [0.15, 0.2) is 0 Å². The van der Waals surface area contributed by atoms with Gasteiger partial charge in [0.1, 0.15) is 17.8 Å². The van der Waals surface area contributed by atoms with Gasteiger partial charge in [-0.25, -0.2) is 4.79 Å². The predicted octanol–water partition coefficient (Wildman–Crippen LogP) is 4.20. The van der Waals surface area contributed by atoms with E-state index >= 15 is 0 Å². The Balaban J connectivity index is 1.92. The van der Waals surface area contributed by atoms with E-state index in [1.807, 2.05) is 45.9 Å². The highest BCUT2D eigenvalue weighted by atomic mass is 35.5. The van der Waals surface area contributed by atoms with E-state index in [1.54, 1.807) is 19.1 Å². The van der Waals surface area contributed by atoms with Crippen LogP contribution in [0.4, 0.5) is 10.5 Å². The summed E-state index contributed by atoms with van der Waals surface area (Å²) in [6.45, 7) is 9.77. The number of nitrogens with one attached hydrogen (secondary N) is 2.